The normalized spacial score (nSPS) is 16.5. The van der Waals surface area contributed by atoms with Crippen molar-refractivity contribution in [2.75, 3.05) is 11.8 Å². The van der Waals surface area contributed by atoms with Gasteiger partial charge in [0.15, 0.2) is 11.8 Å². The van der Waals surface area contributed by atoms with E-state index in [0.717, 1.165) is 11.8 Å². The molecule has 16 aromatic carbocycles. The summed E-state index contributed by atoms with van der Waals surface area (Å²) in [6, 6.07) is 134. The summed E-state index contributed by atoms with van der Waals surface area (Å²) in [4.78, 5) is 0. The zero-order valence-corrected chi connectivity index (χ0v) is 84.7. The Morgan fingerprint density at radius 1 is 0.133 bits per heavy atom. The molecule has 0 N–H and O–H groups in total. The first-order valence-electron chi connectivity index (χ1n) is 45.9. The smallest absolute Gasteiger partial charge is 0.0619 e. The first kappa shape index (κ1) is 85.5. The van der Waals surface area contributed by atoms with Gasteiger partial charge < -0.3 is 0 Å². The van der Waals surface area contributed by atoms with Crippen LogP contribution in [0.5, 0.6) is 0 Å². The molecule has 0 nitrogen and oxygen atoms in total. The van der Waals surface area contributed by atoms with E-state index in [-0.39, 0.29) is 88.1 Å². The van der Waals surface area contributed by atoms with Gasteiger partial charge in [-0.3, -0.25) is 0 Å². The Balaban J connectivity index is 0.000000153. The molecule has 0 unspecified atom stereocenters. The van der Waals surface area contributed by atoms with Crippen LogP contribution in [0.25, 0.3) is 89.0 Å². The molecule has 0 saturated carbocycles. The molecule has 0 atom stereocenters. The summed E-state index contributed by atoms with van der Waals surface area (Å²) >= 11 is 0. The van der Waals surface area contributed by atoms with Gasteiger partial charge in [-0.05, 0) is 275 Å². The Bertz CT molecular complexity index is 6050. The van der Waals surface area contributed by atoms with Crippen molar-refractivity contribution in [3.8, 4) is 89.0 Å². The molecule has 8 aliphatic rings. The average Bonchev–Trinajstić information content (AvgIpc) is 1.55. The number of hydrogen-bond donors (Lipinski definition) is 0. The standard InChI is InChI=1S/2C61H54P2.2Au/c2*1-58(2)50-21-13-9-17-42(50)46-29-25-38(33-54(46)58)62(39-26-30-47-43-18-10-14-22-51(43)59(3,4)55(47)34-39)37-63(40-27-31-48-44-19-11-15-23-52(44)60(5,6)56(48)35-40)41-28-32-49-45-20-12-16-24-53(45)61(7,8)57(49)36-41;;/h2*9-36H,37H2,1-8H3;;/p+4. The van der Waals surface area contributed by atoms with E-state index < -0.39 is 31.7 Å². The van der Waals surface area contributed by atoms with Gasteiger partial charge >= 0.3 is 0 Å². The van der Waals surface area contributed by atoms with E-state index >= 15 is 0 Å². The zero-order chi connectivity index (χ0) is 86.4. The molecule has 0 amide bonds. The Hall–Kier alpha value is -9.28. The molecule has 128 heavy (non-hydrogen) atoms. The van der Waals surface area contributed by atoms with Gasteiger partial charge in [0, 0.05) is 88.1 Å². The van der Waals surface area contributed by atoms with E-state index in [1.165, 1.54) is 220 Å². The van der Waals surface area contributed by atoms with Crippen LogP contribution in [0.4, 0.5) is 0 Å². The van der Waals surface area contributed by atoms with E-state index in [0.29, 0.717) is 0 Å². The quantitative estimate of drug-likeness (QED) is 0.0845. The van der Waals surface area contributed by atoms with Gasteiger partial charge in [-0.25, -0.2) is 0 Å². The van der Waals surface area contributed by atoms with Gasteiger partial charge in [-0.15, -0.1) is 0 Å². The Morgan fingerprint density at radius 2 is 0.234 bits per heavy atom. The second-order valence-corrected chi connectivity index (χ2v) is 53.0. The van der Waals surface area contributed by atoms with Crippen molar-refractivity contribution in [1.82, 2.24) is 0 Å². The molecule has 0 bridgehead atoms. The van der Waals surface area contributed by atoms with Crippen molar-refractivity contribution in [2.45, 2.75) is 154 Å². The molecule has 0 saturated heterocycles. The molecule has 638 valence electrons. The van der Waals surface area contributed by atoms with Crippen LogP contribution in [-0.4, -0.2) is 11.8 Å². The number of hydrogen-bond acceptors (Lipinski definition) is 0. The molecule has 0 heterocycles. The summed E-state index contributed by atoms with van der Waals surface area (Å²) in [7, 11) is -5.41. The maximum atomic E-state index is 2.65. The minimum absolute atomic E-state index is 0. The molecule has 0 fully saturated rings. The van der Waals surface area contributed by atoms with Crippen molar-refractivity contribution in [2.24, 2.45) is 0 Å². The van der Waals surface area contributed by atoms with E-state index in [1.54, 1.807) is 0 Å². The number of benzene rings is 16. The second-order valence-electron chi connectivity index (χ2n) is 41.7. The van der Waals surface area contributed by atoms with Crippen LogP contribution in [-0.2, 0) is 88.1 Å². The van der Waals surface area contributed by atoms with Crippen molar-refractivity contribution < 1.29 is 44.8 Å². The van der Waals surface area contributed by atoms with E-state index in [1.807, 2.05) is 0 Å². The van der Waals surface area contributed by atoms with Gasteiger partial charge in [-0.2, -0.15) is 0 Å². The van der Waals surface area contributed by atoms with Gasteiger partial charge in [0.05, 0.1) is 0 Å². The van der Waals surface area contributed by atoms with Crippen molar-refractivity contribution in [3.05, 3.63) is 429 Å². The SMILES string of the molecule is CC1(C)c2ccccc2-c2ccc([PH+](C[PH+](c3ccc4c(c3)C(C)(C)c3ccccc3-4)c3ccc4c(c3)C(C)(C)c3ccccc3-4)c3ccc4c(c3)C(C)(C)c3ccccc3-4)cc21.CC1(C)c2ccccc2-c2ccc([PH+](C[PH+](c3ccc4c(c3)C(C)(C)c3ccccc3-4)c3ccc4c(c3)C(C)(C)c3ccccc3-4)c3ccc4c(c3)C(C)(C)c3ccccc3-4)cc21.[Au].[Au]. The van der Waals surface area contributed by atoms with E-state index in [9.17, 15) is 0 Å². The van der Waals surface area contributed by atoms with Crippen LogP contribution in [0, 0.1) is 0 Å². The van der Waals surface area contributed by atoms with Crippen LogP contribution >= 0.6 is 31.7 Å². The molecule has 0 spiro atoms. The maximum absolute atomic E-state index is 2.65. The molecular formula is C122H112Au2P4+4. The summed E-state index contributed by atoms with van der Waals surface area (Å²) < 4.78 is 0. The third kappa shape index (κ3) is 12.7. The van der Waals surface area contributed by atoms with Gasteiger partial charge in [0.2, 0.25) is 0 Å². The predicted molar refractivity (Wildman–Crippen MR) is 552 cm³/mol. The Morgan fingerprint density at radius 3 is 0.352 bits per heavy atom. The molecule has 0 aliphatic heterocycles. The van der Waals surface area contributed by atoms with Crippen LogP contribution < -0.4 is 42.4 Å². The minimum atomic E-state index is -1.35. The fourth-order valence-corrected chi connectivity index (χ4v) is 40.5. The van der Waals surface area contributed by atoms with Crippen LogP contribution in [0.3, 0.4) is 0 Å². The van der Waals surface area contributed by atoms with Crippen molar-refractivity contribution in [3.63, 3.8) is 0 Å². The molecular weight excluding hydrogens is 1980 g/mol. The number of fused-ring (bicyclic) bond motifs is 24. The fourth-order valence-electron chi connectivity index (χ4n) is 25.0. The molecule has 16 aromatic rings. The molecule has 2 radical (unpaired) electrons. The largest absolute Gasteiger partial charge is 0.174 e. The average molecular weight is 2100 g/mol. The van der Waals surface area contributed by atoms with Crippen molar-refractivity contribution in [1.29, 1.82) is 0 Å². The van der Waals surface area contributed by atoms with Gasteiger partial charge in [0.25, 0.3) is 0 Å². The molecule has 8 aliphatic carbocycles. The third-order valence-corrected chi connectivity index (χ3v) is 45.9. The summed E-state index contributed by atoms with van der Waals surface area (Å²) in [5.74, 6) is 2.29. The summed E-state index contributed by atoms with van der Waals surface area (Å²) in [5, 5.41) is 12.2. The van der Waals surface area contributed by atoms with Gasteiger partial charge in [0.1, 0.15) is 74.1 Å². The maximum Gasteiger partial charge on any atom is 0.174 e. The zero-order valence-electron chi connectivity index (χ0n) is 76.3. The van der Waals surface area contributed by atoms with Crippen LogP contribution in [0.1, 0.15) is 200 Å². The summed E-state index contributed by atoms with van der Waals surface area (Å²) in [5.41, 5.74) is 45.1. The molecule has 0 aromatic heterocycles. The Labute approximate surface area is 795 Å². The molecule has 24 rings (SSSR count). The fraction of sp³-hybridized carbons (Fsp3) is 0.213. The topological polar surface area (TPSA) is 0 Å². The number of rotatable bonds is 12. The first-order chi connectivity index (χ1) is 60.5. The summed E-state index contributed by atoms with van der Waals surface area (Å²) in [6.45, 7) is 39.0. The first-order valence-corrected chi connectivity index (χ1v) is 52.8. The Kier molecular flexibility index (Phi) is 20.5. The second kappa shape index (κ2) is 30.7. The van der Waals surface area contributed by atoms with E-state index in [2.05, 4.69) is 450 Å². The van der Waals surface area contributed by atoms with Crippen LogP contribution in [0.15, 0.2) is 340 Å². The minimum Gasteiger partial charge on any atom is -0.0619 e. The van der Waals surface area contributed by atoms with Gasteiger partial charge in [-0.1, -0.05) is 353 Å². The van der Waals surface area contributed by atoms with Crippen LogP contribution in [0.2, 0.25) is 0 Å². The monoisotopic (exact) mass is 2090 g/mol. The molecule has 6 heteroatoms. The summed E-state index contributed by atoms with van der Waals surface area (Å²) in [6.07, 6.45) is 0. The van der Waals surface area contributed by atoms with Crippen molar-refractivity contribution >= 4 is 74.1 Å². The third-order valence-electron chi connectivity index (χ3n) is 32.2. The van der Waals surface area contributed by atoms with E-state index in [4.69, 9.17) is 0 Å². The predicted octanol–water partition coefficient (Wildman–Crippen LogP) is 27.8.